The van der Waals surface area contributed by atoms with Crippen LogP contribution in [0.3, 0.4) is 0 Å². The molecule has 0 rings (SSSR count). The summed E-state index contributed by atoms with van der Waals surface area (Å²) >= 11 is 0. The molecule has 0 aromatic carbocycles. The lowest BCUT2D eigenvalue weighted by Gasteiger charge is -2.02. The predicted molar refractivity (Wildman–Crippen MR) is 91.3 cm³/mol. The van der Waals surface area contributed by atoms with Crippen LogP contribution >= 0.6 is 21.6 Å². The van der Waals surface area contributed by atoms with Gasteiger partial charge in [-0.2, -0.15) is 0 Å². The van der Waals surface area contributed by atoms with Gasteiger partial charge in [0.05, 0.1) is 0 Å². The molecule has 0 unspecified atom stereocenters. The van der Waals surface area contributed by atoms with Crippen molar-refractivity contribution in [1.29, 1.82) is 0 Å². The second-order valence-corrected chi connectivity index (χ2v) is 6.99. The molecule has 102 valence electrons. The minimum atomic E-state index is 1.10. The van der Waals surface area contributed by atoms with E-state index in [1.54, 1.807) is 0 Å². The van der Waals surface area contributed by atoms with Gasteiger partial charge in [-0.25, -0.2) is 0 Å². The minimum absolute atomic E-state index is 1.10. The van der Waals surface area contributed by atoms with Gasteiger partial charge in [0.1, 0.15) is 0 Å². The second kappa shape index (κ2) is 13.1. The van der Waals surface area contributed by atoms with Crippen molar-refractivity contribution in [3.63, 3.8) is 0 Å². The Hall–Kier alpha value is -0.340. The first kappa shape index (κ1) is 17.7. The van der Waals surface area contributed by atoms with E-state index in [9.17, 15) is 0 Å². The van der Waals surface area contributed by atoms with E-state index in [1.165, 1.54) is 37.2 Å². The molecule has 0 spiro atoms. The van der Waals surface area contributed by atoms with Crippen molar-refractivity contribution in [2.45, 2.75) is 38.5 Å². The van der Waals surface area contributed by atoms with Crippen LogP contribution in [0.1, 0.15) is 38.5 Å². The van der Waals surface area contributed by atoms with Crippen LogP contribution in [0, 0.1) is 0 Å². The molecule has 0 heterocycles. The van der Waals surface area contributed by atoms with Gasteiger partial charge < -0.3 is 0 Å². The summed E-state index contributed by atoms with van der Waals surface area (Å²) in [5.41, 5.74) is 2.32. The first-order valence-corrected chi connectivity index (χ1v) is 9.04. The zero-order valence-electron chi connectivity index (χ0n) is 11.5. The Morgan fingerprint density at radius 3 is 1.44 bits per heavy atom. The van der Waals surface area contributed by atoms with Crippen molar-refractivity contribution in [1.82, 2.24) is 0 Å². The zero-order valence-corrected chi connectivity index (χ0v) is 13.1. The Balaban J connectivity index is 3.12. The van der Waals surface area contributed by atoms with Gasteiger partial charge in [-0.1, -0.05) is 71.2 Å². The van der Waals surface area contributed by atoms with Crippen LogP contribution in [0.25, 0.3) is 0 Å². The lowest BCUT2D eigenvalue weighted by Crippen LogP contribution is -1.83. The van der Waals surface area contributed by atoms with E-state index in [4.69, 9.17) is 0 Å². The summed E-state index contributed by atoms with van der Waals surface area (Å²) in [6.07, 6.45) is 10.9. The van der Waals surface area contributed by atoms with Crippen molar-refractivity contribution in [3.05, 3.63) is 49.6 Å². The molecule has 0 N–H and O–H groups in total. The summed E-state index contributed by atoms with van der Waals surface area (Å²) in [7, 11) is 3.99. The van der Waals surface area contributed by atoms with Gasteiger partial charge >= 0.3 is 0 Å². The summed E-state index contributed by atoms with van der Waals surface area (Å²) in [4.78, 5) is 0. The van der Waals surface area contributed by atoms with Gasteiger partial charge in [-0.3, -0.25) is 0 Å². The Morgan fingerprint density at radius 1 is 0.722 bits per heavy atom. The average Bonchev–Trinajstić information content (AvgIpc) is 2.40. The van der Waals surface area contributed by atoms with Crippen LogP contribution in [0.5, 0.6) is 0 Å². The van der Waals surface area contributed by atoms with Gasteiger partial charge in [0.2, 0.25) is 0 Å². The molecule has 0 fully saturated rings. The van der Waals surface area contributed by atoms with Gasteiger partial charge in [0.25, 0.3) is 0 Å². The third kappa shape index (κ3) is 12.1. The first-order chi connectivity index (χ1) is 8.70. The normalized spacial score (nSPS) is 10.0. The molecule has 0 bridgehead atoms. The van der Waals surface area contributed by atoms with E-state index < -0.39 is 0 Å². The average molecular weight is 283 g/mol. The SMILES string of the molecule is C=CC(=C)CCCCSSCCCCC(=C)C=C. The summed E-state index contributed by atoms with van der Waals surface area (Å²) in [5.74, 6) is 2.49. The fourth-order valence-electron chi connectivity index (χ4n) is 1.35. The molecule has 0 nitrogen and oxygen atoms in total. The van der Waals surface area contributed by atoms with Crippen molar-refractivity contribution >= 4 is 21.6 Å². The molecule has 0 saturated carbocycles. The van der Waals surface area contributed by atoms with Crippen molar-refractivity contribution in [2.75, 3.05) is 11.5 Å². The third-order valence-electron chi connectivity index (χ3n) is 2.61. The second-order valence-electron chi connectivity index (χ2n) is 4.28. The maximum Gasteiger partial charge on any atom is 0.00370 e. The number of rotatable bonds is 13. The van der Waals surface area contributed by atoms with Gasteiger partial charge in [0.15, 0.2) is 0 Å². The topological polar surface area (TPSA) is 0 Å². The van der Waals surface area contributed by atoms with Gasteiger partial charge in [0, 0.05) is 11.5 Å². The summed E-state index contributed by atoms with van der Waals surface area (Å²) in [5, 5.41) is 0. The molecule has 0 radical (unpaired) electrons. The molecule has 18 heavy (non-hydrogen) atoms. The van der Waals surface area contributed by atoms with E-state index in [0.29, 0.717) is 0 Å². The number of hydrogen-bond donors (Lipinski definition) is 0. The van der Waals surface area contributed by atoms with Crippen LogP contribution in [-0.2, 0) is 0 Å². The summed E-state index contributed by atoms with van der Waals surface area (Å²) in [6.45, 7) is 15.3. The molecule has 0 aromatic rings. The Labute approximate surface area is 121 Å². The molecule has 2 heteroatoms. The molecule has 0 saturated heterocycles. The lowest BCUT2D eigenvalue weighted by atomic mass is 10.1. The van der Waals surface area contributed by atoms with Crippen LogP contribution in [-0.4, -0.2) is 11.5 Å². The number of unbranched alkanes of at least 4 members (excludes halogenated alkanes) is 2. The molecule has 0 atom stereocenters. The highest BCUT2D eigenvalue weighted by molar-refractivity contribution is 8.76. The number of allylic oxidation sites excluding steroid dienone is 4. The molecule has 0 aliphatic rings. The van der Waals surface area contributed by atoms with Crippen molar-refractivity contribution in [2.24, 2.45) is 0 Å². The van der Waals surface area contributed by atoms with Gasteiger partial charge in [-0.05, 0) is 38.5 Å². The minimum Gasteiger partial charge on any atom is -0.0988 e. The Morgan fingerprint density at radius 2 is 1.11 bits per heavy atom. The summed E-state index contributed by atoms with van der Waals surface area (Å²) in [6, 6.07) is 0. The molecule has 0 aromatic heterocycles. The fraction of sp³-hybridized carbons (Fsp3) is 0.500. The molecular formula is C16H26S2. The zero-order chi connectivity index (χ0) is 13.6. The van der Waals surface area contributed by atoms with E-state index in [-0.39, 0.29) is 0 Å². The smallest absolute Gasteiger partial charge is 0.00370 e. The van der Waals surface area contributed by atoms with Crippen LogP contribution < -0.4 is 0 Å². The monoisotopic (exact) mass is 282 g/mol. The third-order valence-corrected chi connectivity index (χ3v) is 5.19. The summed E-state index contributed by atoms with van der Waals surface area (Å²) < 4.78 is 0. The Kier molecular flexibility index (Phi) is 12.9. The van der Waals surface area contributed by atoms with Crippen molar-refractivity contribution < 1.29 is 0 Å². The van der Waals surface area contributed by atoms with Gasteiger partial charge in [-0.15, -0.1) is 0 Å². The number of hydrogen-bond acceptors (Lipinski definition) is 2. The highest BCUT2D eigenvalue weighted by atomic mass is 33.1. The van der Waals surface area contributed by atoms with Crippen molar-refractivity contribution in [3.8, 4) is 0 Å². The van der Waals surface area contributed by atoms with Crippen LogP contribution in [0.15, 0.2) is 49.6 Å². The van der Waals surface area contributed by atoms with Crippen LogP contribution in [0.2, 0.25) is 0 Å². The highest BCUT2D eigenvalue weighted by Gasteiger charge is 1.94. The molecule has 0 amide bonds. The van der Waals surface area contributed by atoms with E-state index in [0.717, 1.165) is 24.0 Å². The molecule has 0 aliphatic heterocycles. The lowest BCUT2D eigenvalue weighted by molar-refractivity contribution is 0.807. The fourth-order valence-corrected chi connectivity index (χ4v) is 3.64. The highest BCUT2D eigenvalue weighted by Crippen LogP contribution is 2.24. The standard InChI is InChI=1S/C16H26S2/c1-5-15(3)11-7-9-13-17-18-14-10-8-12-16(4)6-2/h5-6H,1-4,7-14H2. The molecular weight excluding hydrogens is 256 g/mol. The van der Waals surface area contributed by atoms with E-state index in [1.807, 2.05) is 33.7 Å². The Bertz CT molecular complexity index is 238. The predicted octanol–water partition coefficient (Wildman–Crippen LogP) is 6.19. The maximum absolute atomic E-state index is 3.92. The van der Waals surface area contributed by atoms with E-state index >= 15 is 0 Å². The quantitative estimate of drug-likeness (QED) is 0.224. The largest absolute Gasteiger partial charge is 0.0988 e. The first-order valence-electron chi connectivity index (χ1n) is 6.55. The maximum atomic E-state index is 3.92. The van der Waals surface area contributed by atoms with E-state index in [2.05, 4.69) is 26.3 Å². The van der Waals surface area contributed by atoms with Crippen LogP contribution in [0.4, 0.5) is 0 Å². The molecule has 0 aliphatic carbocycles.